The summed E-state index contributed by atoms with van der Waals surface area (Å²) in [5.74, 6) is -0.523. The van der Waals surface area contributed by atoms with Gasteiger partial charge in [-0.25, -0.2) is 8.42 Å². The van der Waals surface area contributed by atoms with Gasteiger partial charge in [0.25, 0.3) is 0 Å². The van der Waals surface area contributed by atoms with Gasteiger partial charge < -0.3 is 5.32 Å². The second-order valence-electron chi connectivity index (χ2n) is 4.70. The van der Waals surface area contributed by atoms with E-state index in [-0.39, 0.29) is 0 Å². The maximum atomic E-state index is 12.0. The van der Waals surface area contributed by atoms with Crippen molar-refractivity contribution in [2.75, 3.05) is 11.6 Å². The second kappa shape index (κ2) is 5.16. The minimum atomic E-state index is -3.45. The molecule has 0 unspecified atom stereocenters. The van der Waals surface area contributed by atoms with E-state index in [1.54, 1.807) is 6.07 Å². The van der Waals surface area contributed by atoms with Crippen molar-refractivity contribution in [3.8, 4) is 0 Å². The summed E-state index contributed by atoms with van der Waals surface area (Å²) in [5.41, 5.74) is 1.71. The number of anilines is 1. The van der Waals surface area contributed by atoms with Gasteiger partial charge in [-0.05, 0) is 61.1 Å². The summed E-state index contributed by atoms with van der Waals surface area (Å²) in [6.45, 7) is 4.77. The van der Waals surface area contributed by atoms with E-state index in [1.807, 2.05) is 19.1 Å². The monoisotopic (exact) mass is 381 g/mol. The standard InChI is InChI=1S/C12H16INO3S/c1-8-5-6-9(7-10(8)13)14-11(15)12(2,3)18(4,16)17/h5-7H,1-4H3,(H,14,15). The normalized spacial score (nSPS) is 12.3. The molecule has 0 aromatic heterocycles. The lowest BCUT2D eigenvalue weighted by atomic mass is 10.1. The van der Waals surface area contributed by atoms with E-state index < -0.39 is 20.5 Å². The highest BCUT2D eigenvalue weighted by molar-refractivity contribution is 14.1. The number of aryl methyl sites for hydroxylation is 1. The van der Waals surface area contributed by atoms with Crippen LogP contribution in [-0.4, -0.2) is 25.3 Å². The number of hydrogen-bond donors (Lipinski definition) is 1. The van der Waals surface area contributed by atoms with Gasteiger partial charge in [0, 0.05) is 15.5 Å². The van der Waals surface area contributed by atoms with Crippen molar-refractivity contribution in [2.24, 2.45) is 0 Å². The molecular weight excluding hydrogens is 365 g/mol. The lowest BCUT2D eigenvalue weighted by molar-refractivity contribution is -0.117. The van der Waals surface area contributed by atoms with Crippen molar-refractivity contribution in [3.05, 3.63) is 27.3 Å². The molecule has 0 aliphatic rings. The molecule has 0 atom stereocenters. The highest BCUT2D eigenvalue weighted by Gasteiger charge is 2.38. The highest BCUT2D eigenvalue weighted by atomic mass is 127. The Bertz CT molecular complexity index is 579. The molecule has 4 nitrogen and oxygen atoms in total. The summed E-state index contributed by atoms with van der Waals surface area (Å²) in [4.78, 5) is 12.0. The zero-order valence-corrected chi connectivity index (χ0v) is 13.7. The van der Waals surface area contributed by atoms with Crippen molar-refractivity contribution < 1.29 is 13.2 Å². The third-order valence-corrected chi connectivity index (χ3v) is 6.11. The Balaban J connectivity index is 2.99. The van der Waals surface area contributed by atoms with Gasteiger partial charge in [0.2, 0.25) is 5.91 Å². The van der Waals surface area contributed by atoms with Crippen molar-refractivity contribution in [1.82, 2.24) is 0 Å². The van der Waals surface area contributed by atoms with Crippen LogP contribution < -0.4 is 5.32 Å². The first-order valence-electron chi connectivity index (χ1n) is 5.33. The van der Waals surface area contributed by atoms with E-state index >= 15 is 0 Å². The number of amides is 1. The SMILES string of the molecule is Cc1ccc(NC(=O)C(C)(C)S(C)(=O)=O)cc1I. The predicted octanol–water partition coefficient (Wildman–Crippen LogP) is 2.36. The number of carbonyl (C=O) groups is 1. The molecule has 0 radical (unpaired) electrons. The fraction of sp³-hybridized carbons (Fsp3) is 0.417. The molecule has 0 saturated heterocycles. The van der Waals surface area contributed by atoms with E-state index in [2.05, 4.69) is 27.9 Å². The zero-order chi connectivity index (χ0) is 14.1. The Morgan fingerprint density at radius 1 is 1.33 bits per heavy atom. The summed E-state index contributed by atoms with van der Waals surface area (Å²) in [6.07, 6.45) is 1.06. The fourth-order valence-electron chi connectivity index (χ4n) is 1.12. The van der Waals surface area contributed by atoms with Crippen LogP contribution in [0.15, 0.2) is 18.2 Å². The second-order valence-corrected chi connectivity index (χ2v) is 8.43. The Kier molecular flexibility index (Phi) is 4.42. The molecule has 1 aromatic rings. The molecule has 0 fully saturated rings. The first-order chi connectivity index (χ1) is 8.05. The van der Waals surface area contributed by atoms with Gasteiger partial charge in [0.1, 0.15) is 4.75 Å². The van der Waals surface area contributed by atoms with Gasteiger partial charge in [-0.15, -0.1) is 0 Å². The van der Waals surface area contributed by atoms with E-state index in [0.717, 1.165) is 15.4 Å². The van der Waals surface area contributed by atoms with Crippen LogP contribution in [0.25, 0.3) is 0 Å². The molecule has 6 heteroatoms. The largest absolute Gasteiger partial charge is 0.325 e. The molecule has 0 spiro atoms. The maximum absolute atomic E-state index is 12.0. The van der Waals surface area contributed by atoms with Crippen LogP contribution >= 0.6 is 22.6 Å². The molecule has 18 heavy (non-hydrogen) atoms. The predicted molar refractivity (Wildman–Crippen MR) is 81.4 cm³/mol. The first-order valence-corrected chi connectivity index (χ1v) is 8.30. The number of carbonyl (C=O) groups excluding carboxylic acids is 1. The average Bonchev–Trinajstić information content (AvgIpc) is 2.21. The van der Waals surface area contributed by atoms with Crippen LogP contribution in [0.4, 0.5) is 5.69 Å². The highest BCUT2D eigenvalue weighted by Crippen LogP contribution is 2.21. The third-order valence-electron chi connectivity index (χ3n) is 2.90. The molecule has 1 amide bonds. The number of rotatable bonds is 3. The van der Waals surface area contributed by atoms with Gasteiger partial charge in [-0.1, -0.05) is 6.07 Å². The molecule has 0 heterocycles. The topological polar surface area (TPSA) is 63.2 Å². The molecule has 1 rings (SSSR count). The molecule has 0 saturated carbocycles. The molecule has 0 bridgehead atoms. The van der Waals surface area contributed by atoms with Gasteiger partial charge in [-0.2, -0.15) is 0 Å². The molecule has 0 aliphatic heterocycles. The fourth-order valence-corrected chi connectivity index (χ4v) is 2.02. The summed E-state index contributed by atoms with van der Waals surface area (Å²) >= 11 is 2.16. The van der Waals surface area contributed by atoms with Crippen molar-refractivity contribution in [2.45, 2.75) is 25.5 Å². The quantitative estimate of drug-likeness (QED) is 0.818. The van der Waals surface area contributed by atoms with Crippen LogP contribution in [0.5, 0.6) is 0 Å². The molecule has 1 aromatic carbocycles. The minimum absolute atomic E-state index is 0.523. The van der Waals surface area contributed by atoms with Crippen molar-refractivity contribution in [1.29, 1.82) is 0 Å². The Morgan fingerprint density at radius 3 is 2.33 bits per heavy atom. The maximum Gasteiger partial charge on any atom is 0.245 e. The average molecular weight is 381 g/mol. The van der Waals surface area contributed by atoms with Crippen LogP contribution in [-0.2, 0) is 14.6 Å². The van der Waals surface area contributed by atoms with Gasteiger partial charge in [0.05, 0.1) is 0 Å². The number of halogens is 1. The summed E-state index contributed by atoms with van der Waals surface area (Å²) in [7, 11) is -3.45. The Labute approximate surface area is 121 Å². The van der Waals surface area contributed by atoms with Crippen LogP contribution in [0.2, 0.25) is 0 Å². The summed E-state index contributed by atoms with van der Waals surface area (Å²) in [6, 6.07) is 5.45. The lowest BCUT2D eigenvalue weighted by Crippen LogP contribution is -2.43. The van der Waals surface area contributed by atoms with Crippen LogP contribution in [0.3, 0.4) is 0 Å². The van der Waals surface area contributed by atoms with Crippen LogP contribution in [0.1, 0.15) is 19.4 Å². The first kappa shape index (κ1) is 15.4. The van der Waals surface area contributed by atoms with E-state index in [9.17, 15) is 13.2 Å². The van der Waals surface area contributed by atoms with Gasteiger partial charge in [0.15, 0.2) is 9.84 Å². The molecule has 0 aliphatic carbocycles. The zero-order valence-electron chi connectivity index (χ0n) is 10.7. The molecule has 100 valence electrons. The molecule has 1 N–H and O–H groups in total. The lowest BCUT2D eigenvalue weighted by Gasteiger charge is -2.21. The third kappa shape index (κ3) is 3.23. The number of hydrogen-bond acceptors (Lipinski definition) is 3. The summed E-state index contributed by atoms with van der Waals surface area (Å²) < 4.78 is 22.7. The summed E-state index contributed by atoms with van der Waals surface area (Å²) in [5, 5.41) is 2.63. The van der Waals surface area contributed by atoms with E-state index in [0.29, 0.717) is 5.69 Å². The number of nitrogens with one attached hydrogen (secondary N) is 1. The van der Waals surface area contributed by atoms with Crippen molar-refractivity contribution >= 4 is 44.0 Å². The molecular formula is C12H16INO3S. The van der Waals surface area contributed by atoms with Crippen LogP contribution in [0, 0.1) is 10.5 Å². The Morgan fingerprint density at radius 2 is 1.89 bits per heavy atom. The minimum Gasteiger partial charge on any atom is -0.325 e. The smallest absolute Gasteiger partial charge is 0.245 e. The van der Waals surface area contributed by atoms with Gasteiger partial charge >= 0.3 is 0 Å². The Hall–Kier alpha value is -0.630. The van der Waals surface area contributed by atoms with Crippen molar-refractivity contribution in [3.63, 3.8) is 0 Å². The van der Waals surface area contributed by atoms with E-state index in [4.69, 9.17) is 0 Å². The number of sulfone groups is 1. The van der Waals surface area contributed by atoms with E-state index in [1.165, 1.54) is 13.8 Å². The van der Waals surface area contributed by atoms with Gasteiger partial charge in [-0.3, -0.25) is 4.79 Å². The number of benzene rings is 1.